The highest BCUT2D eigenvalue weighted by atomic mass is 32.2. The van der Waals surface area contributed by atoms with Crippen LogP contribution in [0.25, 0.3) is 10.8 Å². The Labute approximate surface area is 129 Å². The van der Waals surface area contributed by atoms with E-state index >= 15 is 0 Å². The van der Waals surface area contributed by atoms with E-state index in [4.69, 9.17) is 5.73 Å². The van der Waals surface area contributed by atoms with E-state index in [1.165, 1.54) is 21.4 Å². The summed E-state index contributed by atoms with van der Waals surface area (Å²) in [6.07, 6.45) is 1.87. The minimum absolute atomic E-state index is 0.789. The van der Waals surface area contributed by atoms with Gasteiger partial charge in [0.1, 0.15) is 0 Å². The Morgan fingerprint density at radius 1 is 1.05 bits per heavy atom. The number of nitrogen functional groups attached to an aromatic ring is 1. The number of rotatable bonds is 3. The molecule has 0 saturated carbocycles. The molecule has 1 heterocycles. The summed E-state index contributed by atoms with van der Waals surface area (Å²) in [5, 5.41) is 2.23. The molecule has 0 amide bonds. The minimum Gasteiger partial charge on any atom is -0.398 e. The number of hydrogen-bond donors (Lipinski definition) is 1. The Hall–Kier alpha value is -2.00. The number of aryl methyl sites for hydroxylation is 2. The van der Waals surface area contributed by atoms with Gasteiger partial charge in [-0.25, -0.2) is 0 Å². The van der Waals surface area contributed by atoms with Crippen LogP contribution in [0.4, 0.5) is 5.69 Å². The molecule has 2 aromatic carbocycles. The standard InChI is InChI=1S/C18H18N2S/c1-12-4-3-5-14(8-12)11-21-18-7-6-17(19)16-10-20-13(2)9-15(16)18/h3-10H,11,19H2,1-2H3. The molecule has 0 aliphatic heterocycles. The van der Waals surface area contributed by atoms with Crippen LogP contribution in [-0.4, -0.2) is 4.98 Å². The minimum atomic E-state index is 0.789. The topological polar surface area (TPSA) is 38.9 Å². The second-order valence-electron chi connectivity index (χ2n) is 5.30. The molecular weight excluding hydrogens is 276 g/mol. The SMILES string of the molecule is Cc1cccc(CSc2ccc(N)c3cnc(C)cc23)c1. The Morgan fingerprint density at radius 3 is 2.71 bits per heavy atom. The average Bonchev–Trinajstić information content (AvgIpc) is 2.46. The summed E-state index contributed by atoms with van der Waals surface area (Å²) in [5.41, 5.74) is 10.5. The molecule has 0 unspecified atom stereocenters. The smallest absolute Gasteiger partial charge is 0.0410 e. The van der Waals surface area contributed by atoms with Crippen molar-refractivity contribution in [2.24, 2.45) is 0 Å². The summed E-state index contributed by atoms with van der Waals surface area (Å²) >= 11 is 1.85. The van der Waals surface area contributed by atoms with Gasteiger partial charge in [-0.3, -0.25) is 4.98 Å². The number of hydrogen-bond acceptors (Lipinski definition) is 3. The van der Waals surface area contributed by atoms with Crippen LogP contribution in [-0.2, 0) is 5.75 Å². The number of fused-ring (bicyclic) bond motifs is 1. The molecule has 3 heteroatoms. The molecule has 3 aromatic rings. The van der Waals surface area contributed by atoms with Crippen LogP contribution in [0.15, 0.2) is 53.6 Å². The van der Waals surface area contributed by atoms with Crippen molar-refractivity contribution in [2.45, 2.75) is 24.5 Å². The fourth-order valence-corrected chi connectivity index (χ4v) is 3.42. The van der Waals surface area contributed by atoms with Gasteiger partial charge in [-0.05, 0) is 37.6 Å². The van der Waals surface area contributed by atoms with Crippen LogP contribution < -0.4 is 5.73 Å². The summed E-state index contributed by atoms with van der Waals surface area (Å²) < 4.78 is 0. The van der Waals surface area contributed by atoms with Crippen LogP contribution in [0.1, 0.15) is 16.8 Å². The van der Waals surface area contributed by atoms with E-state index in [1.54, 1.807) is 0 Å². The molecule has 2 N–H and O–H groups in total. The van der Waals surface area contributed by atoms with Crippen molar-refractivity contribution in [3.05, 3.63) is 65.5 Å². The lowest BCUT2D eigenvalue weighted by molar-refractivity contribution is 1.22. The summed E-state index contributed by atoms with van der Waals surface area (Å²) in [6, 6.07) is 14.8. The van der Waals surface area contributed by atoms with Crippen LogP contribution in [0.5, 0.6) is 0 Å². The Kier molecular flexibility index (Phi) is 3.84. The normalized spacial score (nSPS) is 11.0. The molecule has 0 radical (unpaired) electrons. The monoisotopic (exact) mass is 294 g/mol. The largest absolute Gasteiger partial charge is 0.398 e. The Balaban J connectivity index is 1.94. The third-order valence-electron chi connectivity index (χ3n) is 3.51. The first kappa shape index (κ1) is 14.0. The second-order valence-corrected chi connectivity index (χ2v) is 6.32. The lowest BCUT2D eigenvalue weighted by Crippen LogP contribution is -1.91. The molecule has 0 aliphatic rings. The zero-order valence-electron chi connectivity index (χ0n) is 12.3. The second kappa shape index (κ2) is 5.78. The molecule has 0 bridgehead atoms. The van der Waals surface area contributed by atoms with Crippen molar-refractivity contribution in [2.75, 3.05) is 5.73 Å². The van der Waals surface area contributed by atoms with Crippen molar-refractivity contribution in [3.63, 3.8) is 0 Å². The first-order valence-electron chi connectivity index (χ1n) is 6.96. The van der Waals surface area contributed by atoms with Crippen LogP contribution in [0.3, 0.4) is 0 Å². The van der Waals surface area contributed by atoms with Crippen molar-refractivity contribution in [1.82, 2.24) is 4.98 Å². The molecule has 0 aliphatic carbocycles. The fourth-order valence-electron chi connectivity index (χ4n) is 2.43. The average molecular weight is 294 g/mol. The highest BCUT2D eigenvalue weighted by Crippen LogP contribution is 2.33. The number of pyridine rings is 1. The fraction of sp³-hybridized carbons (Fsp3) is 0.167. The van der Waals surface area contributed by atoms with E-state index in [9.17, 15) is 0 Å². The quantitative estimate of drug-likeness (QED) is 0.561. The van der Waals surface area contributed by atoms with E-state index in [2.05, 4.69) is 48.3 Å². The van der Waals surface area contributed by atoms with Crippen molar-refractivity contribution >= 4 is 28.2 Å². The van der Waals surface area contributed by atoms with E-state index in [0.29, 0.717) is 0 Å². The third-order valence-corrected chi connectivity index (χ3v) is 4.65. The van der Waals surface area contributed by atoms with Gasteiger partial charge in [-0.1, -0.05) is 29.8 Å². The first-order valence-corrected chi connectivity index (χ1v) is 7.95. The summed E-state index contributed by atoms with van der Waals surface area (Å²) in [4.78, 5) is 5.61. The van der Waals surface area contributed by atoms with Gasteiger partial charge in [-0.15, -0.1) is 11.8 Å². The predicted molar refractivity (Wildman–Crippen MR) is 91.6 cm³/mol. The molecule has 3 rings (SSSR count). The van der Waals surface area contributed by atoms with Gasteiger partial charge in [0.2, 0.25) is 0 Å². The molecule has 106 valence electrons. The molecule has 0 saturated heterocycles. The number of nitrogens with two attached hydrogens (primary N) is 1. The van der Waals surface area contributed by atoms with Gasteiger partial charge < -0.3 is 5.73 Å². The molecule has 1 aromatic heterocycles. The van der Waals surface area contributed by atoms with E-state index in [-0.39, 0.29) is 0 Å². The maximum absolute atomic E-state index is 6.05. The van der Waals surface area contributed by atoms with E-state index < -0.39 is 0 Å². The van der Waals surface area contributed by atoms with Crippen molar-refractivity contribution in [3.8, 4) is 0 Å². The van der Waals surface area contributed by atoms with Gasteiger partial charge in [0, 0.05) is 39.0 Å². The molecule has 0 fully saturated rings. The molecule has 21 heavy (non-hydrogen) atoms. The van der Waals surface area contributed by atoms with Crippen LogP contribution >= 0.6 is 11.8 Å². The van der Waals surface area contributed by atoms with Gasteiger partial charge in [0.25, 0.3) is 0 Å². The Morgan fingerprint density at radius 2 is 1.90 bits per heavy atom. The molecule has 0 spiro atoms. The van der Waals surface area contributed by atoms with Gasteiger partial charge in [0.15, 0.2) is 0 Å². The lowest BCUT2D eigenvalue weighted by Gasteiger charge is -2.09. The number of thioether (sulfide) groups is 1. The van der Waals surface area contributed by atoms with Gasteiger partial charge >= 0.3 is 0 Å². The van der Waals surface area contributed by atoms with Gasteiger partial charge in [-0.2, -0.15) is 0 Å². The number of nitrogens with zero attached hydrogens (tertiary/aromatic N) is 1. The molecular formula is C18H18N2S. The zero-order chi connectivity index (χ0) is 14.8. The first-order chi connectivity index (χ1) is 10.1. The Bertz CT molecular complexity index is 796. The van der Waals surface area contributed by atoms with E-state index in [0.717, 1.165) is 22.5 Å². The number of aromatic nitrogens is 1. The zero-order valence-corrected chi connectivity index (χ0v) is 13.1. The predicted octanol–water partition coefficient (Wildman–Crippen LogP) is 4.73. The van der Waals surface area contributed by atoms with Crippen molar-refractivity contribution in [1.29, 1.82) is 0 Å². The highest BCUT2D eigenvalue weighted by Gasteiger charge is 2.06. The highest BCUT2D eigenvalue weighted by molar-refractivity contribution is 7.98. The molecule has 2 nitrogen and oxygen atoms in total. The summed E-state index contributed by atoms with van der Waals surface area (Å²) in [7, 11) is 0. The van der Waals surface area contributed by atoms with Crippen molar-refractivity contribution < 1.29 is 0 Å². The van der Waals surface area contributed by atoms with Crippen LogP contribution in [0, 0.1) is 13.8 Å². The maximum Gasteiger partial charge on any atom is 0.0410 e. The lowest BCUT2D eigenvalue weighted by atomic mass is 10.1. The van der Waals surface area contributed by atoms with E-state index in [1.807, 2.05) is 30.9 Å². The number of benzene rings is 2. The number of anilines is 1. The summed E-state index contributed by atoms with van der Waals surface area (Å²) in [5.74, 6) is 0.960. The van der Waals surface area contributed by atoms with Crippen LogP contribution in [0.2, 0.25) is 0 Å². The van der Waals surface area contributed by atoms with Gasteiger partial charge in [0.05, 0.1) is 0 Å². The summed E-state index contributed by atoms with van der Waals surface area (Å²) in [6.45, 7) is 4.14. The third kappa shape index (κ3) is 3.03. The maximum atomic E-state index is 6.05. The molecule has 0 atom stereocenters.